The lowest BCUT2D eigenvalue weighted by Gasteiger charge is -2.14. The predicted octanol–water partition coefficient (Wildman–Crippen LogP) is 2.37. The smallest absolute Gasteiger partial charge is 0.223 e. The molecule has 0 N–H and O–H groups in total. The fourth-order valence-electron chi connectivity index (χ4n) is 1.55. The number of hydrogen-bond donors (Lipinski definition) is 0. The fourth-order valence-corrected chi connectivity index (χ4v) is 1.68. The van der Waals surface area contributed by atoms with Gasteiger partial charge in [-0.05, 0) is 17.7 Å². The number of nitro groups is 2. The van der Waals surface area contributed by atoms with Crippen molar-refractivity contribution in [1.29, 1.82) is 0 Å². The minimum absolute atomic E-state index is 0.468. The van der Waals surface area contributed by atoms with Crippen molar-refractivity contribution in [1.82, 2.24) is 0 Å². The Morgan fingerprint density at radius 2 is 1.76 bits per heavy atom. The van der Waals surface area contributed by atoms with Crippen LogP contribution in [0.15, 0.2) is 24.3 Å². The van der Waals surface area contributed by atoms with Gasteiger partial charge in [-0.25, -0.2) is 0 Å². The molecule has 0 amide bonds. The highest BCUT2D eigenvalue weighted by atomic mass is 35.5. The topological polar surface area (TPSA) is 86.3 Å². The number of benzene rings is 1. The summed E-state index contributed by atoms with van der Waals surface area (Å²) in [6.45, 7) is 0.895. The standard InChI is InChI=1S/C10H11ClN2O4/c1-7(13(16)17)10(6-12(14)15)8-2-4-9(11)5-3-8/h2-5,7,10H,6H2,1H3. The molecule has 2 unspecified atom stereocenters. The third kappa shape index (κ3) is 3.67. The average molecular weight is 259 g/mol. The van der Waals surface area contributed by atoms with Crippen molar-refractivity contribution < 1.29 is 9.85 Å². The van der Waals surface area contributed by atoms with Crippen LogP contribution in [0.4, 0.5) is 0 Å². The van der Waals surface area contributed by atoms with Gasteiger partial charge in [0.1, 0.15) is 5.92 Å². The maximum Gasteiger partial charge on any atom is 0.223 e. The van der Waals surface area contributed by atoms with Crippen molar-refractivity contribution in [2.45, 2.75) is 18.9 Å². The molecule has 7 heteroatoms. The molecule has 0 saturated heterocycles. The lowest BCUT2D eigenvalue weighted by Crippen LogP contribution is -2.29. The van der Waals surface area contributed by atoms with E-state index < -0.39 is 28.4 Å². The first-order valence-corrected chi connectivity index (χ1v) is 5.30. The van der Waals surface area contributed by atoms with E-state index in [1.54, 1.807) is 24.3 Å². The SMILES string of the molecule is CC(C(C[N+](=O)[O-])c1ccc(Cl)cc1)[N+](=O)[O-]. The minimum Gasteiger partial charge on any atom is -0.265 e. The Labute approximate surface area is 103 Å². The predicted molar refractivity (Wildman–Crippen MR) is 62.5 cm³/mol. The third-order valence-corrected chi connectivity index (χ3v) is 2.81. The average Bonchev–Trinajstić information content (AvgIpc) is 2.26. The molecule has 17 heavy (non-hydrogen) atoms. The van der Waals surface area contributed by atoms with E-state index in [0.29, 0.717) is 10.6 Å². The maximum atomic E-state index is 10.7. The third-order valence-electron chi connectivity index (χ3n) is 2.56. The van der Waals surface area contributed by atoms with Crippen LogP contribution in [0.1, 0.15) is 18.4 Å². The summed E-state index contributed by atoms with van der Waals surface area (Å²) in [5.74, 6) is -0.753. The maximum absolute atomic E-state index is 10.7. The summed E-state index contributed by atoms with van der Waals surface area (Å²) in [5, 5.41) is 21.7. The van der Waals surface area contributed by atoms with Crippen molar-refractivity contribution >= 4 is 11.6 Å². The monoisotopic (exact) mass is 258 g/mol. The van der Waals surface area contributed by atoms with Gasteiger partial charge in [0.05, 0.1) is 0 Å². The lowest BCUT2D eigenvalue weighted by molar-refractivity contribution is -0.543. The number of rotatable bonds is 5. The van der Waals surface area contributed by atoms with Crippen LogP contribution in [0.2, 0.25) is 5.02 Å². The molecule has 0 radical (unpaired) electrons. The van der Waals surface area contributed by atoms with Gasteiger partial charge in [-0.1, -0.05) is 23.7 Å². The zero-order chi connectivity index (χ0) is 13.0. The van der Waals surface area contributed by atoms with E-state index in [0.717, 1.165) is 0 Å². The highest BCUT2D eigenvalue weighted by molar-refractivity contribution is 6.30. The molecule has 1 aromatic rings. The molecule has 1 aromatic carbocycles. The summed E-state index contributed by atoms with van der Waals surface area (Å²) in [6.07, 6.45) is 0. The van der Waals surface area contributed by atoms with Crippen LogP contribution in [0.5, 0.6) is 0 Å². The highest BCUT2D eigenvalue weighted by Gasteiger charge is 2.32. The summed E-state index contributed by atoms with van der Waals surface area (Å²) in [6, 6.07) is 5.28. The molecule has 0 aliphatic heterocycles. The van der Waals surface area contributed by atoms with Crippen LogP contribution in [0, 0.1) is 20.2 Å². The van der Waals surface area contributed by atoms with Crippen molar-refractivity contribution in [2.24, 2.45) is 0 Å². The molecule has 92 valence electrons. The molecule has 0 aromatic heterocycles. The summed E-state index contributed by atoms with van der Waals surface area (Å²) >= 11 is 5.70. The largest absolute Gasteiger partial charge is 0.265 e. The summed E-state index contributed by atoms with van der Waals surface area (Å²) < 4.78 is 0. The van der Waals surface area contributed by atoms with Gasteiger partial charge in [0.15, 0.2) is 0 Å². The summed E-state index contributed by atoms with van der Waals surface area (Å²) in [5.41, 5.74) is 0.551. The van der Waals surface area contributed by atoms with Gasteiger partial charge in [-0.15, -0.1) is 0 Å². The molecule has 0 saturated carbocycles. The van der Waals surface area contributed by atoms with Crippen molar-refractivity contribution in [2.75, 3.05) is 6.54 Å². The van der Waals surface area contributed by atoms with E-state index in [2.05, 4.69) is 0 Å². The number of nitrogens with zero attached hydrogens (tertiary/aromatic N) is 2. The zero-order valence-electron chi connectivity index (χ0n) is 9.08. The molecule has 0 spiro atoms. The lowest BCUT2D eigenvalue weighted by atomic mass is 9.93. The van der Waals surface area contributed by atoms with Gasteiger partial charge in [0.25, 0.3) is 0 Å². The second-order valence-corrected chi connectivity index (χ2v) is 4.14. The molecule has 2 atom stereocenters. The van der Waals surface area contributed by atoms with Crippen LogP contribution >= 0.6 is 11.6 Å². The van der Waals surface area contributed by atoms with Crippen LogP contribution in [0.3, 0.4) is 0 Å². The zero-order valence-corrected chi connectivity index (χ0v) is 9.83. The Balaban J connectivity index is 3.01. The van der Waals surface area contributed by atoms with E-state index in [1.165, 1.54) is 6.92 Å². The van der Waals surface area contributed by atoms with Gasteiger partial charge in [0.2, 0.25) is 12.6 Å². The molecular weight excluding hydrogens is 248 g/mol. The molecule has 1 rings (SSSR count). The molecule has 0 aliphatic carbocycles. The Morgan fingerprint density at radius 1 is 1.24 bits per heavy atom. The van der Waals surface area contributed by atoms with Gasteiger partial charge >= 0.3 is 0 Å². The van der Waals surface area contributed by atoms with Crippen LogP contribution in [-0.4, -0.2) is 22.4 Å². The van der Waals surface area contributed by atoms with Crippen molar-refractivity contribution in [3.05, 3.63) is 55.1 Å². The number of halogens is 1. The highest BCUT2D eigenvalue weighted by Crippen LogP contribution is 2.23. The Morgan fingerprint density at radius 3 is 2.18 bits per heavy atom. The first kappa shape index (κ1) is 13.4. The van der Waals surface area contributed by atoms with E-state index in [4.69, 9.17) is 11.6 Å². The van der Waals surface area contributed by atoms with Crippen molar-refractivity contribution in [3.63, 3.8) is 0 Å². The molecule has 0 fully saturated rings. The first-order chi connectivity index (χ1) is 7.91. The summed E-state index contributed by atoms with van der Waals surface area (Å²) in [7, 11) is 0. The van der Waals surface area contributed by atoms with Crippen LogP contribution < -0.4 is 0 Å². The Bertz CT molecular complexity index is 421. The molecule has 0 heterocycles. The normalized spacial score (nSPS) is 14.0. The Kier molecular flexibility index (Phi) is 4.39. The van der Waals surface area contributed by atoms with Crippen LogP contribution in [0.25, 0.3) is 0 Å². The molecule has 0 bridgehead atoms. The first-order valence-electron chi connectivity index (χ1n) is 4.92. The van der Waals surface area contributed by atoms with Gasteiger partial charge in [-0.3, -0.25) is 20.2 Å². The van der Waals surface area contributed by atoms with Crippen molar-refractivity contribution in [3.8, 4) is 0 Å². The number of hydrogen-bond acceptors (Lipinski definition) is 4. The molecule has 0 aliphatic rings. The Hall–Kier alpha value is -1.69. The van der Waals surface area contributed by atoms with Gasteiger partial charge < -0.3 is 0 Å². The van der Waals surface area contributed by atoms with Crippen LogP contribution in [-0.2, 0) is 0 Å². The second-order valence-electron chi connectivity index (χ2n) is 3.70. The summed E-state index contributed by atoms with van der Waals surface area (Å²) in [4.78, 5) is 20.2. The minimum atomic E-state index is -1.01. The van der Waals surface area contributed by atoms with Gasteiger partial charge in [-0.2, -0.15) is 0 Å². The van der Waals surface area contributed by atoms with E-state index in [1.807, 2.05) is 0 Å². The molecule has 6 nitrogen and oxygen atoms in total. The molecular formula is C10H11ClN2O4. The quantitative estimate of drug-likeness (QED) is 0.599. The van der Waals surface area contributed by atoms with E-state index in [9.17, 15) is 20.2 Å². The van der Waals surface area contributed by atoms with Gasteiger partial charge in [0, 0.05) is 21.8 Å². The fraction of sp³-hybridized carbons (Fsp3) is 0.400. The second kappa shape index (κ2) is 5.58. The van der Waals surface area contributed by atoms with E-state index >= 15 is 0 Å². The van der Waals surface area contributed by atoms with E-state index in [-0.39, 0.29) is 0 Å².